The molecule has 1 saturated heterocycles. The summed E-state index contributed by atoms with van der Waals surface area (Å²) in [6, 6.07) is 0. The van der Waals surface area contributed by atoms with Gasteiger partial charge in [0.05, 0.1) is 11.4 Å². The maximum Gasteiger partial charge on any atom is 0.236 e. The van der Waals surface area contributed by atoms with E-state index in [1.807, 2.05) is 11.8 Å². The lowest BCUT2D eigenvalue weighted by Crippen LogP contribution is -2.43. The Morgan fingerprint density at radius 3 is 3.00 bits per heavy atom. The number of piperidine rings is 1. The number of amides is 1. The number of alkyl halides is 1. The van der Waals surface area contributed by atoms with Gasteiger partial charge >= 0.3 is 0 Å². The van der Waals surface area contributed by atoms with Crippen LogP contribution in [0.5, 0.6) is 0 Å². The van der Waals surface area contributed by atoms with E-state index in [-0.39, 0.29) is 10.7 Å². The highest BCUT2D eigenvalue weighted by atomic mass is 79.9. The van der Waals surface area contributed by atoms with E-state index in [1.54, 1.807) is 7.11 Å². The first kappa shape index (κ1) is 12.0. The highest BCUT2D eigenvalue weighted by Crippen LogP contribution is 2.18. The Labute approximate surface area is 93.9 Å². The number of halogens is 1. The van der Waals surface area contributed by atoms with Gasteiger partial charge in [0.1, 0.15) is 0 Å². The summed E-state index contributed by atoms with van der Waals surface area (Å²) in [6.45, 7) is 4.39. The lowest BCUT2D eigenvalue weighted by atomic mass is 9.99. The van der Waals surface area contributed by atoms with Crippen LogP contribution < -0.4 is 0 Å². The molecule has 1 heterocycles. The minimum absolute atomic E-state index is 0.0659. The highest BCUT2D eigenvalue weighted by Gasteiger charge is 2.25. The number of likely N-dealkylation sites (tertiary alicyclic amines) is 1. The first-order chi connectivity index (χ1) is 6.65. The van der Waals surface area contributed by atoms with Crippen LogP contribution in [0.3, 0.4) is 0 Å². The van der Waals surface area contributed by atoms with Gasteiger partial charge in [0.2, 0.25) is 5.91 Å². The molecule has 2 unspecified atom stereocenters. The Kier molecular flexibility index (Phi) is 4.89. The van der Waals surface area contributed by atoms with Gasteiger partial charge in [0.15, 0.2) is 0 Å². The quantitative estimate of drug-likeness (QED) is 0.725. The molecule has 0 aromatic heterocycles. The van der Waals surface area contributed by atoms with Gasteiger partial charge in [-0.3, -0.25) is 4.79 Å². The molecule has 14 heavy (non-hydrogen) atoms. The van der Waals surface area contributed by atoms with Crippen molar-refractivity contribution in [3.05, 3.63) is 0 Å². The van der Waals surface area contributed by atoms with Crippen LogP contribution in [0.15, 0.2) is 0 Å². The zero-order valence-electron chi connectivity index (χ0n) is 8.83. The van der Waals surface area contributed by atoms with Gasteiger partial charge in [-0.25, -0.2) is 0 Å². The normalized spacial score (nSPS) is 24.8. The molecule has 1 aliphatic rings. The number of methoxy groups -OCH3 is 1. The van der Waals surface area contributed by atoms with E-state index in [0.29, 0.717) is 5.92 Å². The van der Waals surface area contributed by atoms with Gasteiger partial charge in [-0.05, 0) is 25.7 Å². The van der Waals surface area contributed by atoms with E-state index >= 15 is 0 Å². The van der Waals surface area contributed by atoms with Gasteiger partial charge in [0.25, 0.3) is 0 Å². The zero-order chi connectivity index (χ0) is 10.6. The van der Waals surface area contributed by atoms with Crippen LogP contribution >= 0.6 is 15.9 Å². The molecule has 0 spiro atoms. The second-order valence-electron chi connectivity index (χ2n) is 3.86. The predicted octanol–water partition coefficient (Wildman–Crippen LogP) is 1.65. The number of carbonyl (C=O) groups is 1. The van der Waals surface area contributed by atoms with Crippen molar-refractivity contribution in [2.75, 3.05) is 26.8 Å². The van der Waals surface area contributed by atoms with Crippen molar-refractivity contribution in [2.45, 2.75) is 24.6 Å². The Hall–Kier alpha value is -0.0900. The number of hydrogen-bond donors (Lipinski definition) is 0. The third-order valence-electron chi connectivity index (χ3n) is 2.57. The van der Waals surface area contributed by atoms with Crippen LogP contribution in [0.1, 0.15) is 19.8 Å². The van der Waals surface area contributed by atoms with Crippen LogP contribution in [0.4, 0.5) is 0 Å². The van der Waals surface area contributed by atoms with Crippen molar-refractivity contribution >= 4 is 21.8 Å². The van der Waals surface area contributed by atoms with E-state index in [0.717, 1.165) is 26.1 Å². The lowest BCUT2D eigenvalue weighted by Gasteiger charge is -2.33. The first-order valence-corrected chi connectivity index (χ1v) is 5.98. The summed E-state index contributed by atoms with van der Waals surface area (Å²) in [5.74, 6) is 0.717. The topological polar surface area (TPSA) is 29.5 Å². The van der Waals surface area contributed by atoms with Gasteiger partial charge in [-0.1, -0.05) is 15.9 Å². The monoisotopic (exact) mass is 263 g/mol. The number of ether oxygens (including phenoxy) is 1. The molecule has 0 radical (unpaired) electrons. The smallest absolute Gasteiger partial charge is 0.236 e. The summed E-state index contributed by atoms with van der Waals surface area (Å²) in [7, 11) is 1.72. The number of rotatable bonds is 3. The number of nitrogens with zero attached hydrogens (tertiary/aromatic N) is 1. The molecule has 1 aliphatic heterocycles. The Bertz CT molecular complexity index is 195. The van der Waals surface area contributed by atoms with Crippen LogP contribution in [-0.2, 0) is 9.53 Å². The van der Waals surface area contributed by atoms with E-state index in [9.17, 15) is 4.79 Å². The van der Waals surface area contributed by atoms with Crippen molar-refractivity contribution < 1.29 is 9.53 Å². The minimum Gasteiger partial charge on any atom is -0.384 e. The van der Waals surface area contributed by atoms with E-state index in [2.05, 4.69) is 15.9 Å². The molecule has 0 aromatic rings. The maximum atomic E-state index is 11.7. The van der Waals surface area contributed by atoms with E-state index in [1.165, 1.54) is 6.42 Å². The molecule has 0 N–H and O–H groups in total. The van der Waals surface area contributed by atoms with Gasteiger partial charge in [-0.15, -0.1) is 0 Å². The molecule has 0 aliphatic carbocycles. The molecule has 1 fully saturated rings. The summed E-state index contributed by atoms with van der Waals surface area (Å²) in [6.07, 6.45) is 2.27. The molecule has 82 valence electrons. The molecular weight excluding hydrogens is 246 g/mol. The molecule has 0 saturated carbocycles. The van der Waals surface area contributed by atoms with Crippen LogP contribution in [0, 0.1) is 5.92 Å². The third-order valence-corrected chi connectivity index (χ3v) is 2.96. The summed E-state index contributed by atoms with van der Waals surface area (Å²) in [5, 5.41) is 0. The van der Waals surface area contributed by atoms with Crippen molar-refractivity contribution in [2.24, 2.45) is 5.92 Å². The standard InChI is InChI=1S/C10H18BrNO2/c1-8(11)10(13)12-5-3-4-9(6-12)7-14-2/h8-9H,3-7H2,1-2H3. The molecule has 3 nitrogen and oxygen atoms in total. The fourth-order valence-electron chi connectivity index (χ4n) is 1.89. The van der Waals surface area contributed by atoms with Crippen molar-refractivity contribution in [1.82, 2.24) is 4.90 Å². The molecule has 0 bridgehead atoms. The molecule has 0 aromatic carbocycles. The molecular formula is C10H18BrNO2. The number of carbonyl (C=O) groups excluding carboxylic acids is 1. The van der Waals surface area contributed by atoms with Crippen molar-refractivity contribution in [1.29, 1.82) is 0 Å². The van der Waals surface area contributed by atoms with Crippen LogP contribution in [0.2, 0.25) is 0 Å². The van der Waals surface area contributed by atoms with Crippen LogP contribution in [0.25, 0.3) is 0 Å². The number of hydrogen-bond acceptors (Lipinski definition) is 2. The average molecular weight is 264 g/mol. The average Bonchev–Trinajstić information content (AvgIpc) is 2.17. The molecule has 4 heteroatoms. The van der Waals surface area contributed by atoms with Gasteiger partial charge in [-0.2, -0.15) is 0 Å². The fraction of sp³-hybridized carbons (Fsp3) is 0.900. The Balaban J connectivity index is 2.43. The largest absolute Gasteiger partial charge is 0.384 e. The molecule has 2 atom stereocenters. The summed E-state index contributed by atoms with van der Waals surface area (Å²) in [5.41, 5.74) is 0. The Morgan fingerprint density at radius 1 is 1.71 bits per heavy atom. The highest BCUT2D eigenvalue weighted by molar-refractivity contribution is 9.10. The summed E-state index contributed by atoms with van der Waals surface area (Å²) >= 11 is 3.31. The predicted molar refractivity (Wildman–Crippen MR) is 59.6 cm³/mol. The SMILES string of the molecule is COCC1CCCN(C(=O)C(C)Br)C1. The van der Waals surface area contributed by atoms with Crippen LogP contribution in [-0.4, -0.2) is 42.4 Å². The molecule has 1 amide bonds. The second-order valence-corrected chi connectivity index (χ2v) is 5.24. The molecule has 1 rings (SSSR count). The first-order valence-electron chi connectivity index (χ1n) is 5.07. The lowest BCUT2D eigenvalue weighted by molar-refractivity contribution is -0.132. The fourth-order valence-corrected chi connectivity index (χ4v) is 2.18. The van der Waals surface area contributed by atoms with Gasteiger partial charge < -0.3 is 9.64 Å². The van der Waals surface area contributed by atoms with Crippen molar-refractivity contribution in [3.8, 4) is 0 Å². The minimum atomic E-state index is -0.0659. The van der Waals surface area contributed by atoms with Gasteiger partial charge in [0, 0.05) is 20.2 Å². The maximum absolute atomic E-state index is 11.7. The van der Waals surface area contributed by atoms with E-state index in [4.69, 9.17) is 4.74 Å². The second kappa shape index (κ2) is 5.71. The Morgan fingerprint density at radius 2 is 2.43 bits per heavy atom. The summed E-state index contributed by atoms with van der Waals surface area (Å²) in [4.78, 5) is 13.6. The third kappa shape index (κ3) is 3.24. The van der Waals surface area contributed by atoms with E-state index < -0.39 is 0 Å². The zero-order valence-corrected chi connectivity index (χ0v) is 10.4. The van der Waals surface area contributed by atoms with Crippen molar-refractivity contribution in [3.63, 3.8) is 0 Å². The summed E-state index contributed by atoms with van der Waals surface area (Å²) < 4.78 is 5.12.